The maximum Gasteiger partial charge on any atom is 0.0897 e. The van der Waals surface area contributed by atoms with Crippen molar-refractivity contribution in [2.45, 2.75) is 25.6 Å². The van der Waals surface area contributed by atoms with E-state index in [9.17, 15) is 5.11 Å². The van der Waals surface area contributed by atoms with Crippen molar-refractivity contribution in [2.24, 2.45) is 5.92 Å². The summed E-state index contributed by atoms with van der Waals surface area (Å²) in [6, 6.07) is 0. The summed E-state index contributed by atoms with van der Waals surface area (Å²) in [4.78, 5) is 2.15. The first-order valence-corrected chi connectivity index (χ1v) is 5.21. The minimum absolute atomic E-state index is 0.163. The van der Waals surface area contributed by atoms with E-state index in [-0.39, 0.29) is 12.7 Å². The van der Waals surface area contributed by atoms with E-state index in [1.54, 1.807) is 7.11 Å². The fourth-order valence-electron chi connectivity index (χ4n) is 1.93. The van der Waals surface area contributed by atoms with Crippen molar-refractivity contribution in [1.82, 2.24) is 4.90 Å². The lowest BCUT2D eigenvalue weighted by Crippen LogP contribution is -2.47. The number of piperidine rings is 1. The van der Waals surface area contributed by atoms with Gasteiger partial charge in [-0.15, -0.1) is 0 Å². The number of aliphatic hydroxyl groups is 2. The lowest BCUT2D eigenvalue weighted by molar-refractivity contribution is -0.0242. The Bertz CT molecular complexity index is 165. The molecule has 1 fully saturated rings. The summed E-state index contributed by atoms with van der Waals surface area (Å²) < 4.78 is 5.36. The topological polar surface area (TPSA) is 52.9 Å². The second-order valence-corrected chi connectivity index (χ2v) is 4.14. The first-order valence-electron chi connectivity index (χ1n) is 5.21. The Kier molecular flexibility index (Phi) is 4.81. The van der Waals surface area contributed by atoms with Crippen LogP contribution in [0.4, 0.5) is 0 Å². The molecule has 0 aromatic carbocycles. The molecule has 0 radical (unpaired) electrons. The number of methoxy groups -OCH3 is 1. The number of aliphatic hydroxyl groups excluding tert-OH is 2. The predicted octanol–water partition coefficient (Wildman–Crippen LogP) is -0.304. The number of ether oxygens (including phenoxy) is 1. The van der Waals surface area contributed by atoms with Gasteiger partial charge in [-0.2, -0.15) is 0 Å². The van der Waals surface area contributed by atoms with Gasteiger partial charge in [0.15, 0.2) is 0 Å². The first-order chi connectivity index (χ1) is 6.67. The Hall–Kier alpha value is -0.160. The zero-order chi connectivity index (χ0) is 10.6. The van der Waals surface area contributed by atoms with Crippen LogP contribution >= 0.6 is 0 Å². The quantitative estimate of drug-likeness (QED) is 0.658. The molecule has 1 heterocycles. The summed E-state index contributed by atoms with van der Waals surface area (Å²) in [5.41, 5.74) is 0. The fraction of sp³-hybridized carbons (Fsp3) is 1.00. The molecule has 4 heteroatoms. The Morgan fingerprint density at radius 1 is 1.57 bits per heavy atom. The highest BCUT2D eigenvalue weighted by Crippen LogP contribution is 2.19. The molecule has 3 atom stereocenters. The zero-order valence-corrected chi connectivity index (χ0v) is 9.02. The van der Waals surface area contributed by atoms with Gasteiger partial charge in [-0.1, -0.05) is 6.92 Å². The van der Waals surface area contributed by atoms with E-state index in [0.29, 0.717) is 12.5 Å². The van der Waals surface area contributed by atoms with Crippen molar-refractivity contribution in [3.8, 4) is 0 Å². The van der Waals surface area contributed by atoms with Gasteiger partial charge in [0.05, 0.1) is 18.8 Å². The molecule has 84 valence electrons. The Labute approximate surface area is 85.5 Å². The molecule has 0 saturated carbocycles. The largest absolute Gasteiger partial charge is 0.394 e. The minimum atomic E-state index is -0.624. The van der Waals surface area contributed by atoms with E-state index in [4.69, 9.17) is 9.84 Å². The lowest BCUT2D eigenvalue weighted by Gasteiger charge is -2.36. The maximum absolute atomic E-state index is 9.30. The molecule has 1 aliphatic heterocycles. The van der Waals surface area contributed by atoms with Crippen LogP contribution in [0.2, 0.25) is 0 Å². The molecule has 0 aliphatic carbocycles. The van der Waals surface area contributed by atoms with Crippen molar-refractivity contribution in [1.29, 1.82) is 0 Å². The van der Waals surface area contributed by atoms with Crippen molar-refractivity contribution in [2.75, 3.05) is 33.4 Å². The van der Waals surface area contributed by atoms with Gasteiger partial charge >= 0.3 is 0 Å². The van der Waals surface area contributed by atoms with Gasteiger partial charge in [-0.25, -0.2) is 0 Å². The average Bonchev–Trinajstić information content (AvgIpc) is 2.20. The Morgan fingerprint density at radius 2 is 2.29 bits per heavy atom. The summed E-state index contributed by atoms with van der Waals surface area (Å²) in [5, 5.41) is 18.0. The summed E-state index contributed by atoms with van der Waals surface area (Å²) in [7, 11) is 1.73. The van der Waals surface area contributed by atoms with Crippen LogP contribution in [0.15, 0.2) is 0 Å². The zero-order valence-electron chi connectivity index (χ0n) is 9.02. The van der Waals surface area contributed by atoms with E-state index in [2.05, 4.69) is 11.8 Å². The second kappa shape index (κ2) is 5.66. The van der Waals surface area contributed by atoms with Crippen molar-refractivity contribution in [3.05, 3.63) is 0 Å². The number of β-amino-alcohol motifs (C(OH)–C–C–N with tert-alkyl or cyclic N) is 1. The van der Waals surface area contributed by atoms with Gasteiger partial charge in [0, 0.05) is 20.2 Å². The Balaban J connectivity index is 2.34. The number of hydrogen-bond acceptors (Lipinski definition) is 4. The maximum atomic E-state index is 9.30. The molecule has 14 heavy (non-hydrogen) atoms. The van der Waals surface area contributed by atoms with Crippen LogP contribution < -0.4 is 0 Å². The molecule has 0 amide bonds. The fourth-order valence-corrected chi connectivity index (χ4v) is 1.93. The van der Waals surface area contributed by atoms with Gasteiger partial charge < -0.3 is 14.9 Å². The minimum Gasteiger partial charge on any atom is -0.394 e. The highest BCUT2D eigenvalue weighted by molar-refractivity contribution is 4.79. The molecule has 0 aromatic rings. The van der Waals surface area contributed by atoms with Crippen molar-refractivity contribution < 1.29 is 14.9 Å². The molecule has 3 unspecified atom stereocenters. The SMILES string of the molecule is COC1CN(CC(O)CO)CCC1C. The van der Waals surface area contributed by atoms with E-state index < -0.39 is 6.10 Å². The molecule has 0 spiro atoms. The molecule has 4 nitrogen and oxygen atoms in total. The van der Waals surface area contributed by atoms with Gasteiger partial charge in [0.1, 0.15) is 0 Å². The standard InChI is InChI=1S/C10H21NO3/c1-8-3-4-11(5-9(13)7-12)6-10(8)14-2/h8-10,12-13H,3-7H2,1-2H3. The number of likely N-dealkylation sites (tertiary alicyclic amines) is 1. The van der Waals surface area contributed by atoms with Crippen LogP contribution in [0.5, 0.6) is 0 Å². The van der Waals surface area contributed by atoms with Crippen LogP contribution in [0.1, 0.15) is 13.3 Å². The number of hydrogen-bond donors (Lipinski definition) is 2. The molecular formula is C10H21NO3. The van der Waals surface area contributed by atoms with Crippen molar-refractivity contribution in [3.63, 3.8) is 0 Å². The van der Waals surface area contributed by atoms with E-state index >= 15 is 0 Å². The smallest absolute Gasteiger partial charge is 0.0897 e. The summed E-state index contributed by atoms with van der Waals surface area (Å²) >= 11 is 0. The average molecular weight is 203 g/mol. The third kappa shape index (κ3) is 3.20. The van der Waals surface area contributed by atoms with Gasteiger partial charge in [0.2, 0.25) is 0 Å². The van der Waals surface area contributed by atoms with Gasteiger partial charge in [-0.3, -0.25) is 4.90 Å². The van der Waals surface area contributed by atoms with Crippen LogP contribution in [-0.2, 0) is 4.74 Å². The summed E-state index contributed by atoms with van der Waals surface area (Å²) in [5.74, 6) is 0.586. The highest BCUT2D eigenvalue weighted by Gasteiger charge is 2.26. The van der Waals surface area contributed by atoms with E-state index in [1.165, 1.54) is 0 Å². The van der Waals surface area contributed by atoms with Crippen LogP contribution in [0, 0.1) is 5.92 Å². The lowest BCUT2D eigenvalue weighted by atomic mass is 9.95. The number of nitrogens with zero attached hydrogens (tertiary/aromatic N) is 1. The monoisotopic (exact) mass is 203 g/mol. The Morgan fingerprint density at radius 3 is 2.86 bits per heavy atom. The predicted molar refractivity (Wildman–Crippen MR) is 54.1 cm³/mol. The molecule has 1 aliphatic rings. The molecule has 1 saturated heterocycles. The number of rotatable bonds is 4. The van der Waals surface area contributed by atoms with Crippen LogP contribution in [-0.4, -0.2) is 60.7 Å². The molecular weight excluding hydrogens is 182 g/mol. The van der Waals surface area contributed by atoms with E-state index in [0.717, 1.165) is 19.5 Å². The molecule has 1 rings (SSSR count). The van der Waals surface area contributed by atoms with Gasteiger partial charge in [-0.05, 0) is 18.9 Å². The first kappa shape index (κ1) is 11.9. The molecule has 0 bridgehead atoms. The summed E-state index contributed by atoms with van der Waals surface area (Å²) in [6.45, 7) is 4.41. The van der Waals surface area contributed by atoms with Gasteiger partial charge in [0.25, 0.3) is 0 Å². The highest BCUT2D eigenvalue weighted by atomic mass is 16.5. The third-order valence-electron chi connectivity index (χ3n) is 2.96. The van der Waals surface area contributed by atoms with Crippen LogP contribution in [0.25, 0.3) is 0 Å². The molecule has 0 aromatic heterocycles. The normalized spacial score (nSPS) is 31.7. The summed E-state index contributed by atoms with van der Waals surface area (Å²) in [6.07, 6.45) is 0.729. The second-order valence-electron chi connectivity index (χ2n) is 4.14. The third-order valence-corrected chi connectivity index (χ3v) is 2.96. The van der Waals surface area contributed by atoms with E-state index in [1.807, 2.05) is 0 Å². The van der Waals surface area contributed by atoms with Crippen LogP contribution in [0.3, 0.4) is 0 Å². The molecule has 2 N–H and O–H groups in total. The van der Waals surface area contributed by atoms with Crippen molar-refractivity contribution >= 4 is 0 Å².